The second kappa shape index (κ2) is 5.80. The third kappa shape index (κ3) is 3.57. The molecule has 0 spiro atoms. The number of rotatable bonds is 4. The van der Waals surface area contributed by atoms with Gasteiger partial charge in [0.2, 0.25) is 0 Å². The Balaban J connectivity index is 2.31. The topological polar surface area (TPSA) is 64.9 Å². The molecule has 0 aliphatic carbocycles. The van der Waals surface area contributed by atoms with Gasteiger partial charge in [-0.2, -0.15) is 18.2 Å². The van der Waals surface area contributed by atoms with Gasteiger partial charge < -0.3 is 10.3 Å². The number of nitrogens with zero attached hydrogens (tertiary/aromatic N) is 2. The predicted octanol–water partition coefficient (Wildman–Crippen LogP) is 3.17. The summed E-state index contributed by atoms with van der Waals surface area (Å²) in [4.78, 5) is 3.97. The van der Waals surface area contributed by atoms with Crippen molar-refractivity contribution in [2.24, 2.45) is 5.73 Å². The third-order valence-electron chi connectivity index (χ3n) is 2.96. The molecular weight excluding hydrogens is 290 g/mol. The van der Waals surface area contributed by atoms with Gasteiger partial charge in [-0.25, -0.2) is 4.39 Å². The lowest BCUT2D eigenvalue weighted by molar-refractivity contribution is -0.139. The maximum absolute atomic E-state index is 13.2. The van der Waals surface area contributed by atoms with E-state index in [0.717, 1.165) is 12.1 Å². The Morgan fingerprint density at radius 1 is 1.33 bits per heavy atom. The van der Waals surface area contributed by atoms with Crippen LogP contribution in [-0.4, -0.2) is 16.2 Å². The highest BCUT2D eigenvalue weighted by Gasteiger charge is 2.34. The molecule has 0 radical (unpaired) electrons. The zero-order valence-corrected chi connectivity index (χ0v) is 11.1. The minimum absolute atomic E-state index is 0.00699. The first-order chi connectivity index (χ1) is 9.81. The Kier molecular flexibility index (Phi) is 4.26. The minimum Gasteiger partial charge on any atom is -0.334 e. The molecule has 21 heavy (non-hydrogen) atoms. The quantitative estimate of drug-likeness (QED) is 0.881. The smallest absolute Gasteiger partial charge is 0.334 e. The van der Waals surface area contributed by atoms with Crippen LogP contribution in [0.25, 0.3) is 11.5 Å². The average Bonchev–Trinajstić information content (AvgIpc) is 2.86. The van der Waals surface area contributed by atoms with Crippen molar-refractivity contribution in [2.45, 2.75) is 32.0 Å². The van der Waals surface area contributed by atoms with E-state index in [4.69, 9.17) is 10.3 Å². The Labute approximate surface area is 118 Å². The average molecular weight is 303 g/mol. The molecule has 2 N–H and O–H groups in total. The molecule has 114 valence electrons. The van der Waals surface area contributed by atoms with Crippen LogP contribution in [0.5, 0.6) is 0 Å². The van der Waals surface area contributed by atoms with E-state index in [2.05, 4.69) is 10.1 Å². The molecule has 1 aromatic carbocycles. The lowest BCUT2D eigenvalue weighted by Gasteiger charge is -2.08. The molecule has 2 aromatic rings. The largest absolute Gasteiger partial charge is 0.419 e. The van der Waals surface area contributed by atoms with Gasteiger partial charge in [-0.15, -0.1) is 0 Å². The molecule has 2 rings (SSSR count). The first-order valence-electron chi connectivity index (χ1n) is 6.26. The fourth-order valence-electron chi connectivity index (χ4n) is 1.71. The van der Waals surface area contributed by atoms with E-state index in [0.29, 0.717) is 24.7 Å². The van der Waals surface area contributed by atoms with Crippen LogP contribution in [0.2, 0.25) is 0 Å². The van der Waals surface area contributed by atoms with Crippen molar-refractivity contribution < 1.29 is 22.1 Å². The van der Waals surface area contributed by atoms with Crippen molar-refractivity contribution in [1.29, 1.82) is 0 Å². The van der Waals surface area contributed by atoms with Crippen LogP contribution in [-0.2, 0) is 12.6 Å². The maximum Gasteiger partial charge on any atom is 0.419 e. The first kappa shape index (κ1) is 15.4. The minimum atomic E-state index is -4.78. The van der Waals surface area contributed by atoms with Crippen LogP contribution in [0.1, 0.15) is 24.7 Å². The fourth-order valence-corrected chi connectivity index (χ4v) is 1.71. The van der Waals surface area contributed by atoms with E-state index < -0.39 is 17.6 Å². The van der Waals surface area contributed by atoms with Crippen molar-refractivity contribution in [3.63, 3.8) is 0 Å². The molecule has 0 saturated heterocycles. The van der Waals surface area contributed by atoms with Gasteiger partial charge in [0.25, 0.3) is 5.89 Å². The summed E-state index contributed by atoms with van der Waals surface area (Å²) in [5.74, 6) is -1.14. The molecular formula is C13H13F4N3O. The summed E-state index contributed by atoms with van der Waals surface area (Å²) in [6.07, 6.45) is -3.72. The summed E-state index contributed by atoms with van der Waals surface area (Å²) in [6, 6.07) is 2.36. The zero-order chi connectivity index (χ0) is 15.6. The van der Waals surface area contributed by atoms with Gasteiger partial charge in [0.1, 0.15) is 5.82 Å². The van der Waals surface area contributed by atoms with Crippen LogP contribution in [0.15, 0.2) is 22.7 Å². The maximum atomic E-state index is 13.2. The van der Waals surface area contributed by atoms with Gasteiger partial charge in [-0.3, -0.25) is 0 Å². The Bertz CT molecular complexity index is 624. The standard InChI is InChI=1S/C13H13F4N3O/c1-2-8(18)6-11-19-12(21-20-11)7-3-4-10(14)9(5-7)13(15,16)17/h3-5,8H,2,6,18H2,1H3. The van der Waals surface area contributed by atoms with Crippen molar-refractivity contribution in [2.75, 3.05) is 0 Å². The summed E-state index contributed by atoms with van der Waals surface area (Å²) >= 11 is 0. The molecule has 0 amide bonds. The first-order valence-corrected chi connectivity index (χ1v) is 6.26. The summed E-state index contributed by atoms with van der Waals surface area (Å²) in [5, 5.41) is 3.65. The normalized spacial score (nSPS) is 13.4. The molecule has 1 aromatic heterocycles. The van der Waals surface area contributed by atoms with Gasteiger partial charge in [0.05, 0.1) is 5.56 Å². The van der Waals surface area contributed by atoms with Crippen LogP contribution < -0.4 is 5.73 Å². The van der Waals surface area contributed by atoms with Gasteiger partial charge in [-0.05, 0) is 24.6 Å². The summed E-state index contributed by atoms with van der Waals surface area (Å²) in [6.45, 7) is 1.89. The van der Waals surface area contributed by atoms with Gasteiger partial charge in [-0.1, -0.05) is 12.1 Å². The number of aromatic nitrogens is 2. The van der Waals surface area contributed by atoms with Crippen LogP contribution in [0, 0.1) is 5.82 Å². The van der Waals surface area contributed by atoms with Crippen LogP contribution in [0.3, 0.4) is 0 Å². The highest BCUT2D eigenvalue weighted by Crippen LogP contribution is 2.33. The van der Waals surface area contributed by atoms with E-state index in [1.807, 2.05) is 6.92 Å². The summed E-state index contributed by atoms with van der Waals surface area (Å²) in [7, 11) is 0. The highest BCUT2D eigenvalue weighted by atomic mass is 19.4. The second-order valence-corrected chi connectivity index (χ2v) is 4.58. The van der Waals surface area contributed by atoms with Crippen molar-refractivity contribution >= 4 is 0 Å². The number of halogens is 4. The zero-order valence-electron chi connectivity index (χ0n) is 11.1. The van der Waals surface area contributed by atoms with Gasteiger partial charge in [0, 0.05) is 18.0 Å². The fraction of sp³-hybridized carbons (Fsp3) is 0.385. The predicted molar refractivity (Wildman–Crippen MR) is 66.7 cm³/mol. The van der Waals surface area contributed by atoms with E-state index in [-0.39, 0.29) is 17.5 Å². The molecule has 8 heteroatoms. The second-order valence-electron chi connectivity index (χ2n) is 4.58. The monoisotopic (exact) mass is 303 g/mol. The van der Waals surface area contributed by atoms with Gasteiger partial charge >= 0.3 is 6.18 Å². The summed E-state index contributed by atoms with van der Waals surface area (Å²) in [5.41, 5.74) is 4.37. The van der Waals surface area contributed by atoms with Crippen LogP contribution >= 0.6 is 0 Å². The van der Waals surface area contributed by atoms with Crippen molar-refractivity contribution in [1.82, 2.24) is 10.1 Å². The molecule has 4 nitrogen and oxygen atoms in total. The molecule has 0 saturated carbocycles. The molecule has 0 bridgehead atoms. The Morgan fingerprint density at radius 3 is 2.67 bits per heavy atom. The molecule has 1 heterocycles. The number of hydrogen-bond donors (Lipinski definition) is 1. The Morgan fingerprint density at radius 2 is 2.05 bits per heavy atom. The number of hydrogen-bond acceptors (Lipinski definition) is 4. The molecule has 1 atom stereocenters. The molecule has 0 fully saturated rings. The van der Waals surface area contributed by atoms with Crippen molar-refractivity contribution in [3.8, 4) is 11.5 Å². The van der Waals surface area contributed by atoms with E-state index in [1.54, 1.807) is 0 Å². The van der Waals surface area contributed by atoms with E-state index in [1.165, 1.54) is 0 Å². The highest BCUT2D eigenvalue weighted by molar-refractivity contribution is 5.54. The molecule has 1 unspecified atom stereocenters. The SMILES string of the molecule is CCC(N)Cc1noc(-c2ccc(F)c(C(F)(F)F)c2)n1. The molecule has 0 aliphatic heterocycles. The van der Waals surface area contributed by atoms with Crippen molar-refractivity contribution in [3.05, 3.63) is 35.4 Å². The summed E-state index contributed by atoms with van der Waals surface area (Å²) < 4.78 is 56.0. The number of alkyl halides is 3. The number of nitrogens with two attached hydrogens (primary N) is 1. The molecule has 0 aliphatic rings. The van der Waals surface area contributed by atoms with Gasteiger partial charge in [0.15, 0.2) is 5.82 Å². The lowest BCUT2D eigenvalue weighted by Crippen LogP contribution is -2.21. The third-order valence-corrected chi connectivity index (χ3v) is 2.96. The van der Waals surface area contributed by atoms with E-state index >= 15 is 0 Å². The Hall–Kier alpha value is -1.96. The lowest BCUT2D eigenvalue weighted by atomic mass is 10.1. The number of benzene rings is 1. The van der Waals surface area contributed by atoms with Crippen LogP contribution in [0.4, 0.5) is 17.6 Å². The van der Waals surface area contributed by atoms with E-state index in [9.17, 15) is 17.6 Å².